The van der Waals surface area contributed by atoms with Crippen LogP contribution in [-0.4, -0.2) is 17.6 Å². The van der Waals surface area contributed by atoms with Gasteiger partial charge < -0.3 is 10.5 Å². The Balaban J connectivity index is 3.29. The van der Waals surface area contributed by atoms with E-state index in [1.165, 1.54) is 6.07 Å². The van der Waals surface area contributed by atoms with Crippen molar-refractivity contribution >= 4 is 11.8 Å². The van der Waals surface area contributed by atoms with Gasteiger partial charge in [-0.05, 0) is 19.9 Å². The second kappa shape index (κ2) is 4.87. The van der Waals surface area contributed by atoms with Gasteiger partial charge in [-0.2, -0.15) is 0 Å². The number of pyridine rings is 1. The van der Waals surface area contributed by atoms with E-state index in [0.29, 0.717) is 5.69 Å². The Hall–Kier alpha value is -1.72. The molecule has 1 heterocycles. The quantitative estimate of drug-likeness (QED) is 0.807. The topological polar surface area (TPSA) is 65.2 Å². The van der Waals surface area contributed by atoms with Gasteiger partial charge in [0.15, 0.2) is 0 Å². The van der Waals surface area contributed by atoms with E-state index >= 15 is 0 Å². The van der Waals surface area contributed by atoms with Gasteiger partial charge in [-0.25, -0.2) is 18.6 Å². The number of carbonyl (C=O) groups excluding carboxylic acids is 1. The third kappa shape index (κ3) is 2.44. The van der Waals surface area contributed by atoms with Crippen molar-refractivity contribution in [3.05, 3.63) is 22.9 Å². The normalized spacial score (nSPS) is 10.6. The zero-order chi connectivity index (χ0) is 12.3. The molecule has 0 aliphatic carbocycles. The van der Waals surface area contributed by atoms with Crippen LogP contribution in [0.3, 0.4) is 0 Å². The summed E-state index contributed by atoms with van der Waals surface area (Å²) in [6.07, 6.45) is -2.85. The van der Waals surface area contributed by atoms with E-state index in [2.05, 4.69) is 9.72 Å². The van der Waals surface area contributed by atoms with Crippen LogP contribution in [0.1, 0.15) is 35.0 Å². The van der Waals surface area contributed by atoms with Crippen LogP contribution < -0.4 is 5.73 Å². The minimum atomic E-state index is -2.85. The summed E-state index contributed by atoms with van der Waals surface area (Å²) in [4.78, 5) is 15.1. The average Bonchev–Trinajstić information content (AvgIpc) is 2.15. The standard InChI is InChI=1S/C10H12F2N2O2/c1-3-16-10(15)6-4-5(2)14-9(13)7(6)8(11)12/h4,8H,3H2,1-2H3,(H2,13,14). The number of aryl methyl sites for hydroxylation is 1. The molecular formula is C10H12F2N2O2. The smallest absolute Gasteiger partial charge is 0.338 e. The largest absolute Gasteiger partial charge is 0.462 e. The molecule has 0 spiro atoms. The Morgan fingerprint density at radius 2 is 2.25 bits per heavy atom. The molecule has 0 fully saturated rings. The molecule has 0 bridgehead atoms. The predicted octanol–water partition coefficient (Wildman–Crippen LogP) is 2.09. The van der Waals surface area contributed by atoms with Gasteiger partial charge in [-0.15, -0.1) is 0 Å². The van der Waals surface area contributed by atoms with Gasteiger partial charge >= 0.3 is 5.97 Å². The number of alkyl halides is 2. The van der Waals surface area contributed by atoms with E-state index in [0.717, 1.165) is 0 Å². The van der Waals surface area contributed by atoms with Crippen molar-refractivity contribution in [2.75, 3.05) is 12.3 Å². The van der Waals surface area contributed by atoms with Crippen molar-refractivity contribution in [3.8, 4) is 0 Å². The van der Waals surface area contributed by atoms with Gasteiger partial charge in [0.25, 0.3) is 6.43 Å². The van der Waals surface area contributed by atoms with Gasteiger partial charge in [-0.1, -0.05) is 0 Å². The number of nitrogens with two attached hydrogens (primary N) is 1. The van der Waals surface area contributed by atoms with Crippen LogP contribution in [0.5, 0.6) is 0 Å². The van der Waals surface area contributed by atoms with Crippen LogP contribution >= 0.6 is 0 Å². The lowest BCUT2D eigenvalue weighted by Crippen LogP contribution is -2.12. The molecule has 1 rings (SSSR count). The Morgan fingerprint density at radius 3 is 2.75 bits per heavy atom. The number of hydrogen-bond acceptors (Lipinski definition) is 4. The van der Waals surface area contributed by atoms with Gasteiger partial charge in [0, 0.05) is 5.69 Å². The summed E-state index contributed by atoms with van der Waals surface area (Å²) in [5, 5.41) is 0. The molecule has 0 amide bonds. The van der Waals surface area contributed by atoms with E-state index in [1.807, 2.05) is 0 Å². The molecule has 0 saturated carbocycles. The zero-order valence-electron chi connectivity index (χ0n) is 8.96. The van der Waals surface area contributed by atoms with E-state index in [9.17, 15) is 13.6 Å². The molecular weight excluding hydrogens is 218 g/mol. The number of halogens is 2. The van der Waals surface area contributed by atoms with Crippen LogP contribution in [0.2, 0.25) is 0 Å². The lowest BCUT2D eigenvalue weighted by molar-refractivity contribution is 0.0515. The van der Waals surface area contributed by atoms with Crippen LogP contribution in [0.15, 0.2) is 6.07 Å². The van der Waals surface area contributed by atoms with Gasteiger partial charge in [0.2, 0.25) is 0 Å². The lowest BCUT2D eigenvalue weighted by Gasteiger charge is -2.11. The lowest BCUT2D eigenvalue weighted by atomic mass is 10.1. The maximum Gasteiger partial charge on any atom is 0.338 e. The monoisotopic (exact) mass is 230 g/mol. The molecule has 1 aromatic heterocycles. The molecule has 0 radical (unpaired) electrons. The first-order valence-electron chi connectivity index (χ1n) is 4.69. The number of rotatable bonds is 3. The highest BCUT2D eigenvalue weighted by Gasteiger charge is 2.23. The molecule has 16 heavy (non-hydrogen) atoms. The molecule has 88 valence electrons. The Morgan fingerprint density at radius 1 is 1.62 bits per heavy atom. The number of ether oxygens (including phenoxy) is 1. The molecule has 0 aliphatic rings. The van der Waals surface area contributed by atoms with Crippen LogP contribution in [0.4, 0.5) is 14.6 Å². The highest BCUT2D eigenvalue weighted by molar-refractivity contribution is 5.92. The number of anilines is 1. The summed E-state index contributed by atoms with van der Waals surface area (Å²) in [5.41, 5.74) is 4.97. The summed E-state index contributed by atoms with van der Waals surface area (Å²) in [7, 11) is 0. The molecule has 0 unspecified atom stereocenters. The second-order valence-corrected chi connectivity index (χ2v) is 3.13. The fourth-order valence-corrected chi connectivity index (χ4v) is 1.31. The molecule has 6 heteroatoms. The first kappa shape index (κ1) is 12.4. The first-order valence-corrected chi connectivity index (χ1v) is 4.69. The fraction of sp³-hybridized carbons (Fsp3) is 0.400. The van der Waals surface area contributed by atoms with Crippen LogP contribution in [0, 0.1) is 6.92 Å². The molecule has 0 aliphatic heterocycles. The second-order valence-electron chi connectivity index (χ2n) is 3.13. The minimum Gasteiger partial charge on any atom is -0.462 e. The maximum absolute atomic E-state index is 12.7. The average molecular weight is 230 g/mol. The first-order chi connectivity index (χ1) is 7.47. The van der Waals surface area contributed by atoms with E-state index in [1.54, 1.807) is 13.8 Å². The van der Waals surface area contributed by atoms with Gasteiger partial charge in [0.1, 0.15) is 5.82 Å². The van der Waals surface area contributed by atoms with Crippen molar-refractivity contribution in [2.45, 2.75) is 20.3 Å². The third-order valence-electron chi connectivity index (χ3n) is 1.93. The van der Waals surface area contributed by atoms with Gasteiger partial charge in [0.05, 0.1) is 17.7 Å². The minimum absolute atomic E-state index is 0.114. The fourth-order valence-electron chi connectivity index (χ4n) is 1.31. The number of nitrogen functional groups attached to an aromatic ring is 1. The van der Waals surface area contributed by atoms with Gasteiger partial charge in [-0.3, -0.25) is 0 Å². The van der Waals surface area contributed by atoms with Crippen molar-refractivity contribution in [3.63, 3.8) is 0 Å². The third-order valence-corrected chi connectivity index (χ3v) is 1.93. The molecule has 2 N–H and O–H groups in total. The number of aromatic nitrogens is 1. The Labute approximate surface area is 91.4 Å². The summed E-state index contributed by atoms with van der Waals surface area (Å²) >= 11 is 0. The molecule has 0 atom stereocenters. The van der Waals surface area contributed by atoms with Crippen molar-refractivity contribution in [1.82, 2.24) is 4.98 Å². The highest BCUT2D eigenvalue weighted by atomic mass is 19.3. The SMILES string of the molecule is CCOC(=O)c1cc(C)nc(N)c1C(F)F. The molecule has 0 saturated heterocycles. The molecule has 4 nitrogen and oxygen atoms in total. The van der Waals surface area contributed by atoms with Crippen molar-refractivity contribution in [2.24, 2.45) is 0 Å². The number of nitrogens with zero attached hydrogens (tertiary/aromatic N) is 1. The van der Waals surface area contributed by atoms with Crippen molar-refractivity contribution in [1.29, 1.82) is 0 Å². The molecule has 1 aromatic rings. The number of hydrogen-bond donors (Lipinski definition) is 1. The van der Waals surface area contributed by atoms with Crippen LogP contribution in [-0.2, 0) is 4.74 Å². The zero-order valence-corrected chi connectivity index (χ0v) is 8.96. The highest BCUT2D eigenvalue weighted by Crippen LogP contribution is 2.28. The number of carbonyl (C=O) groups is 1. The van der Waals surface area contributed by atoms with E-state index in [4.69, 9.17) is 5.73 Å². The van der Waals surface area contributed by atoms with E-state index in [-0.39, 0.29) is 18.0 Å². The molecule has 0 aromatic carbocycles. The summed E-state index contributed by atoms with van der Waals surface area (Å²) in [6, 6.07) is 1.25. The Kier molecular flexibility index (Phi) is 3.76. The summed E-state index contributed by atoms with van der Waals surface area (Å²) < 4.78 is 30.1. The van der Waals surface area contributed by atoms with E-state index < -0.39 is 18.0 Å². The maximum atomic E-state index is 12.7. The number of esters is 1. The Bertz CT molecular complexity index is 408. The summed E-state index contributed by atoms with van der Waals surface area (Å²) in [6.45, 7) is 3.27. The summed E-state index contributed by atoms with van der Waals surface area (Å²) in [5.74, 6) is -1.15. The van der Waals surface area contributed by atoms with Crippen molar-refractivity contribution < 1.29 is 18.3 Å². The van der Waals surface area contributed by atoms with Crippen LogP contribution in [0.25, 0.3) is 0 Å². The predicted molar refractivity (Wildman–Crippen MR) is 54.3 cm³/mol.